The lowest BCUT2D eigenvalue weighted by molar-refractivity contribution is 0.0734. The summed E-state index contributed by atoms with van der Waals surface area (Å²) >= 11 is 0. The molecule has 3 aromatic carbocycles. The molecular weight excluding hydrogens is 486 g/mol. The number of esters is 1. The molecule has 0 spiro atoms. The van der Waals surface area contributed by atoms with Crippen molar-refractivity contribution < 1.29 is 19.0 Å². The van der Waals surface area contributed by atoms with E-state index >= 15 is 0 Å². The van der Waals surface area contributed by atoms with Crippen LogP contribution in [0.5, 0.6) is 17.2 Å². The van der Waals surface area contributed by atoms with Crippen LogP contribution in [0.2, 0.25) is 0 Å². The fraction of sp³-hybridized carbons (Fsp3) is 0.412. The summed E-state index contributed by atoms with van der Waals surface area (Å²) in [5.74, 6) is 1.54. The molecule has 3 aromatic rings. The smallest absolute Gasteiger partial charge is 0.343 e. The second kappa shape index (κ2) is 15.6. The molecule has 0 heterocycles. The third-order valence-corrected chi connectivity index (χ3v) is 6.74. The fourth-order valence-corrected chi connectivity index (χ4v) is 4.34. The standard InChI is InChI=1S/C34H41NO4/c1-4-6-7-8-9-10-24-37-30-17-11-27(12-18-30)28-13-21-32(22-14-28)39-33(36)29-15-19-31(20-16-29)38-26-34(3,25-35)23-5-2/h11-22H,4-10,23-24,26H2,1-3H3. The Morgan fingerprint density at radius 2 is 1.26 bits per heavy atom. The molecule has 0 aliphatic rings. The zero-order valence-electron chi connectivity index (χ0n) is 23.6. The van der Waals surface area contributed by atoms with E-state index in [2.05, 4.69) is 13.0 Å². The molecule has 1 unspecified atom stereocenters. The summed E-state index contributed by atoms with van der Waals surface area (Å²) in [5.41, 5.74) is 2.01. The van der Waals surface area contributed by atoms with Gasteiger partial charge in [-0.25, -0.2) is 4.79 Å². The number of carbonyl (C=O) groups excluding carboxylic acids is 1. The highest BCUT2D eigenvalue weighted by Crippen LogP contribution is 2.26. The molecule has 1 atom stereocenters. The maximum atomic E-state index is 12.6. The van der Waals surface area contributed by atoms with E-state index in [9.17, 15) is 10.1 Å². The zero-order chi connectivity index (χ0) is 27.9. The summed E-state index contributed by atoms with van der Waals surface area (Å²) in [5, 5.41) is 9.41. The SMILES string of the molecule is CCCCCCCCOc1ccc(-c2ccc(OC(=O)c3ccc(OCC(C)(C#N)CCC)cc3)cc2)cc1. The second-order valence-corrected chi connectivity index (χ2v) is 10.3. The lowest BCUT2D eigenvalue weighted by Crippen LogP contribution is -2.23. The Morgan fingerprint density at radius 1 is 0.718 bits per heavy atom. The summed E-state index contributed by atoms with van der Waals surface area (Å²) in [7, 11) is 0. The second-order valence-electron chi connectivity index (χ2n) is 10.3. The normalized spacial score (nSPS) is 12.3. The Bertz CT molecular complexity index is 1180. The zero-order valence-corrected chi connectivity index (χ0v) is 23.6. The van der Waals surface area contributed by atoms with Gasteiger partial charge in [-0.1, -0.05) is 76.6 Å². The van der Waals surface area contributed by atoms with E-state index in [1.54, 1.807) is 36.4 Å². The monoisotopic (exact) mass is 527 g/mol. The van der Waals surface area contributed by atoms with Crippen molar-refractivity contribution in [3.05, 3.63) is 78.4 Å². The van der Waals surface area contributed by atoms with Crippen molar-refractivity contribution in [3.63, 3.8) is 0 Å². The Balaban J connectivity index is 1.47. The molecule has 3 rings (SSSR count). The van der Waals surface area contributed by atoms with Gasteiger partial charge in [0.2, 0.25) is 0 Å². The van der Waals surface area contributed by atoms with Crippen molar-refractivity contribution in [1.82, 2.24) is 0 Å². The number of unbranched alkanes of at least 4 members (excludes halogenated alkanes) is 5. The number of nitrogens with zero attached hydrogens (tertiary/aromatic N) is 1. The molecule has 0 saturated carbocycles. The van der Waals surface area contributed by atoms with Crippen LogP contribution in [0.15, 0.2) is 72.8 Å². The summed E-state index contributed by atoms with van der Waals surface area (Å²) in [6, 6.07) is 24.7. The average Bonchev–Trinajstić information content (AvgIpc) is 2.97. The van der Waals surface area contributed by atoms with Gasteiger partial charge in [-0.05, 0) is 79.4 Å². The van der Waals surface area contributed by atoms with Gasteiger partial charge in [0.05, 0.1) is 23.7 Å². The first kappa shape index (κ1) is 29.8. The highest BCUT2D eigenvalue weighted by atomic mass is 16.5. The molecule has 0 bridgehead atoms. The van der Waals surface area contributed by atoms with Crippen LogP contribution in [0.1, 0.15) is 82.5 Å². The van der Waals surface area contributed by atoms with Gasteiger partial charge in [-0.3, -0.25) is 0 Å². The minimum Gasteiger partial charge on any atom is -0.494 e. The molecule has 0 aliphatic heterocycles. The largest absolute Gasteiger partial charge is 0.494 e. The van der Waals surface area contributed by atoms with Crippen molar-refractivity contribution in [1.29, 1.82) is 5.26 Å². The fourth-order valence-electron chi connectivity index (χ4n) is 4.34. The molecular formula is C34H41NO4. The first-order chi connectivity index (χ1) is 19.0. The Morgan fingerprint density at radius 3 is 1.85 bits per heavy atom. The van der Waals surface area contributed by atoms with E-state index in [0.29, 0.717) is 23.7 Å². The average molecular weight is 528 g/mol. The van der Waals surface area contributed by atoms with E-state index < -0.39 is 11.4 Å². The Kier molecular flexibility index (Phi) is 11.9. The molecule has 0 saturated heterocycles. The van der Waals surface area contributed by atoms with E-state index in [1.165, 1.54) is 32.1 Å². The van der Waals surface area contributed by atoms with Crippen LogP contribution in [0.3, 0.4) is 0 Å². The number of carbonyl (C=O) groups is 1. The summed E-state index contributed by atoms with van der Waals surface area (Å²) in [6.07, 6.45) is 9.18. The molecule has 0 fully saturated rings. The van der Waals surface area contributed by atoms with Gasteiger partial charge in [0, 0.05) is 0 Å². The van der Waals surface area contributed by atoms with Crippen LogP contribution < -0.4 is 14.2 Å². The highest BCUT2D eigenvalue weighted by Gasteiger charge is 2.24. The molecule has 39 heavy (non-hydrogen) atoms. The maximum absolute atomic E-state index is 12.6. The van der Waals surface area contributed by atoms with Crippen LogP contribution in [0.25, 0.3) is 11.1 Å². The van der Waals surface area contributed by atoms with Crippen LogP contribution in [0, 0.1) is 16.7 Å². The summed E-state index contributed by atoms with van der Waals surface area (Å²) in [6.45, 7) is 7.24. The number of benzene rings is 3. The molecule has 0 aromatic heterocycles. The third-order valence-electron chi connectivity index (χ3n) is 6.74. The quantitative estimate of drug-likeness (QED) is 0.106. The van der Waals surface area contributed by atoms with Crippen molar-refractivity contribution >= 4 is 5.97 Å². The molecule has 206 valence electrons. The number of nitriles is 1. The van der Waals surface area contributed by atoms with E-state index in [-0.39, 0.29) is 0 Å². The van der Waals surface area contributed by atoms with Crippen LogP contribution >= 0.6 is 0 Å². The molecule has 0 radical (unpaired) electrons. The van der Waals surface area contributed by atoms with Crippen LogP contribution in [-0.2, 0) is 0 Å². The first-order valence-corrected chi connectivity index (χ1v) is 14.2. The van der Waals surface area contributed by atoms with Crippen molar-refractivity contribution in [2.24, 2.45) is 5.41 Å². The minimum atomic E-state index is -0.526. The minimum absolute atomic E-state index is 0.308. The van der Waals surface area contributed by atoms with Crippen molar-refractivity contribution in [2.75, 3.05) is 13.2 Å². The number of ether oxygens (including phenoxy) is 3. The van der Waals surface area contributed by atoms with Crippen molar-refractivity contribution in [2.45, 2.75) is 72.1 Å². The van der Waals surface area contributed by atoms with Crippen LogP contribution in [0.4, 0.5) is 0 Å². The Hall–Kier alpha value is -3.78. The van der Waals surface area contributed by atoms with Gasteiger partial charge in [0.15, 0.2) is 0 Å². The number of hydrogen-bond acceptors (Lipinski definition) is 5. The summed E-state index contributed by atoms with van der Waals surface area (Å²) in [4.78, 5) is 12.6. The summed E-state index contributed by atoms with van der Waals surface area (Å²) < 4.78 is 17.2. The molecule has 0 N–H and O–H groups in total. The van der Waals surface area contributed by atoms with Gasteiger partial charge in [-0.15, -0.1) is 0 Å². The Labute approximate surface area is 233 Å². The highest BCUT2D eigenvalue weighted by molar-refractivity contribution is 5.91. The van der Waals surface area contributed by atoms with E-state index in [4.69, 9.17) is 14.2 Å². The van der Waals surface area contributed by atoms with Gasteiger partial charge in [0.25, 0.3) is 0 Å². The van der Waals surface area contributed by atoms with E-state index in [1.807, 2.05) is 50.2 Å². The molecule has 5 nitrogen and oxygen atoms in total. The molecule has 0 aliphatic carbocycles. The molecule has 5 heteroatoms. The number of hydrogen-bond donors (Lipinski definition) is 0. The van der Waals surface area contributed by atoms with Crippen molar-refractivity contribution in [3.8, 4) is 34.4 Å². The predicted octanol–water partition coefficient (Wildman–Crippen LogP) is 9.02. The first-order valence-electron chi connectivity index (χ1n) is 14.2. The van der Waals surface area contributed by atoms with Gasteiger partial charge >= 0.3 is 5.97 Å². The van der Waals surface area contributed by atoms with E-state index in [0.717, 1.165) is 42.7 Å². The topological polar surface area (TPSA) is 68.6 Å². The lowest BCUT2D eigenvalue weighted by Gasteiger charge is -2.21. The van der Waals surface area contributed by atoms with Gasteiger partial charge in [-0.2, -0.15) is 5.26 Å². The van der Waals surface area contributed by atoms with Gasteiger partial charge < -0.3 is 14.2 Å². The van der Waals surface area contributed by atoms with Crippen LogP contribution in [-0.4, -0.2) is 19.2 Å². The predicted molar refractivity (Wildman–Crippen MR) is 156 cm³/mol. The maximum Gasteiger partial charge on any atom is 0.343 e. The lowest BCUT2D eigenvalue weighted by atomic mass is 9.88. The van der Waals surface area contributed by atoms with Gasteiger partial charge in [0.1, 0.15) is 23.9 Å². The number of rotatable bonds is 16. The third kappa shape index (κ3) is 9.80. The molecule has 0 amide bonds.